The molecule has 0 saturated carbocycles. The van der Waals surface area contributed by atoms with Gasteiger partial charge in [-0.2, -0.15) is 0 Å². The van der Waals surface area contributed by atoms with Crippen molar-refractivity contribution in [3.63, 3.8) is 0 Å². The highest BCUT2D eigenvalue weighted by molar-refractivity contribution is 7.99. The standard InChI is InChI=1S/C7H9N3O2S/c1-4-2-9-7(12)10-6(4)13-3-5(8)11/h2H,3H2,1H3,(H2,8,11)(H,9,10,12). The van der Waals surface area contributed by atoms with Crippen LogP contribution in [0.5, 0.6) is 0 Å². The summed E-state index contributed by atoms with van der Waals surface area (Å²) in [6.07, 6.45) is 1.46. The summed E-state index contributed by atoms with van der Waals surface area (Å²) >= 11 is 1.20. The van der Waals surface area contributed by atoms with Crippen LogP contribution in [0.15, 0.2) is 16.0 Å². The third-order valence-corrected chi connectivity index (χ3v) is 2.45. The lowest BCUT2D eigenvalue weighted by Crippen LogP contribution is -2.15. The molecule has 1 heterocycles. The van der Waals surface area contributed by atoms with Gasteiger partial charge in [-0.3, -0.25) is 4.79 Å². The summed E-state index contributed by atoms with van der Waals surface area (Å²) in [5.74, 6) is -0.261. The lowest BCUT2D eigenvalue weighted by atomic mass is 10.4. The number of rotatable bonds is 3. The summed E-state index contributed by atoms with van der Waals surface area (Å²) in [5, 5.41) is 0.638. The molecule has 0 unspecified atom stereocenters. The van der Waals surface area contributed by atoms with E-state index >= 15 is 0 Å². The molecular formula is C7H9N3O2S. The summed E-state index contributed by atoms with van der Waals surface area (Å²) in [5.41, 5.74) is 5.37. The molecule has 1 aromatic rings. The zero-order valence-electron chi connectivity index (χ0n) is 7.03. The normalized spacial score (nSPS) is 9.92. The molecule has 13 heavy (non-hydrogen) atoms. The fourth-order valence-electron chi connectivity index (χ4n) is 0.735. The first kappa shape index (κ1) is 9.79. The van der Waals surface area contributed by atoms with Crippen molar-refractivity contribution in [2.45, 2.75) is 11.9 Å². The largest absolute Gasteiger partial charge is 0.369 e. The molecule has 0 aliphatic rings. The molecule has 6 heteroatoms. The van der Waals surface area contributed by atoms with E-state index in [1.807, 2.05) is 0 Å². The molecule has 0 aromatic carbocycles. The Labute approximate surface area is 78.8 Å². The lowest BCUT2D eigenvalue weighted by Gasteiger charge is -2.01. The lowest BCUT2D eigenvalue weighted by molar-refractivity contribution is -0.115. The molecule has 0 spiro atoms. The van der Waals surface area contributed by atoms with Gasteiger partial charge in [0.15, 0.2) is 0 Å². The number of thioether (sulfide) groups is 1. The van der Waals surface area contributed by atoms with Crippen molar-refractivity contribution in [2.24, 2.45) is 5.73 Å². The molecule has 3 N–H and O–H groups in total. The molecule has 0 aliphatic carbocycles. The van der Waals surface area contributed by atoms with Crippen molar-refractivity contribution in [3.05, 3.63) is 22.2 Å². The number of hydrogen-bond donors (Lipinski definition) is 2. The number of aromatic amines is 1. The minimum atomic E-state index is -0.419. The molecule has 1 aromatic heterocycles. The number of aryl methyl sites for hydroxylation is 1. The third-order valence-electron chi connectivity index (χ3n) is 1.31. The van der Waals surface area contributed by atoms with E-state index in [0.717, 1.165) is 5.56 Å². The number of carbonyl (C=O) groups is 1. The van der Waals surface area contributed by atoms with Crippen molar-refractivity contribution in [3.8, 4) is 0 Å². The molecule has 1 rings (SSSR count). The number of aromatic nitrogens is 2. The Kier molecular flexibility index (Phi) is 3.07. The Morgan fingerprint density at radius 3 is 3.08 bits per heavy atom. The van der Waals surface area contributed by atoms with Crippen molar-refractivity contribution >= 4 is 17.7 Å². The van der Waals surface area contributed by atoms with Crippen LogP contribution in [-0.4, -0.2) is 21.6 Å². The van der Waals surface area contributed by atoms with Gasteiger partial charge in [0.2, 0.25) is 5.91 Å². The quantitative estimate of drug-likeness (QED) is 0.514. The van der Waals surface area contributed by atoms with Crippen LogP contribution in [-0.2, 0) is 4.79 Å². The summed E-state index contributed by atoms with van der Waals surface area (Å²) in [6.45, 7) is 1.80. The average molecular weight is 199 g/mol. The van der Waals surface area contributed by atoms with Crippen LogP contribution >= 0.6 is 11.8 Å². The SMILES string of the molecule is Cc1cnc(=O)[nH]c1SCC(N)=O. The van der Waals surface area contributed by atoms with Crippen LogP contribution in [0.25, 0.3) is 0 Å². The second-order valence-electron chi connectivity index (χ2n) is 2.46. The number of primary amides is 1. The van der Waals surface area contributed by atoms with Crippen LogP contribution in [0.2, 0.25) is 0 Å². The molecule has 0 radical (unpaired) electrons. The zero-order valence-corrected chi connectivity index (χ0v) is 7.85. The second kappa shape index (κ2) is 4.08. The minimum Gasteiger partial charge on any atom is -0.369 e. The third kappa shape index (κ3) is 2.90. The first-order chi connectivity index (χ1) is 6.09. The smallest absolute Gasteiger partial charge is 0.345 e. The summed E-state index contributed by atoms with van der Waals surface area (Å²) in [6, 6.07) is 0. The number of hydrogen-bond acceptors (Lipinski definition) is 4. The van der Waals surface area contributed by atoms with Gasteiger partial charge in [0, 0.05) is 6.20 Å². The Morgan fingerprint density at radius 2 is 2.46 bits per heavy atom. The molecule has 70 valence electrons. The fourth-order valence-corrected chi connectivity index (χ4v) is 1.46. The number of nitrogens with zero attached hydrogens (tertiary/aromatic N) is 1. The van der Waals surface area contributed by atoms with Gasteiger partial charge >= 0.3 is 5.69 Å². The number of nitrogens with one attached hydrogen (secondary N) is 1. The first-order valence-electron chi connectivity index (χ1n) is 3.56. The highest BCUT2D eigenvalue weighted by Crippen LogP contribution is 2.16. The van der Waals surface area contributed by atoms with E-state index in [4.69, 9.17) is 5.73 Å². The van der Waals surface area contributed by atoms with Crippen LogP contribution in [0.4, 0.5) is 0 Å². The van der Waals surface area contributed by atoms with E-state index in [9.17, 15) is 9.59 Å². The minimum absolute atomic E-state index is 0.154. The van der Waals surface area contributed by atoms with Crippen molar-refractivity contribution in [1.29, 1.82) is 0 Å². The number of nitrogens with two attached hydrogens (primary N) is 1. The molecule has 0 saturated heterocycles. The fraction of sp³-hybridized carbons (Fsp3) is 0.286. The van der Waals surface area contributed by atoms with Gasteiger partial charge in [-0.15, -0.1) is 0 Å². The Morgan fingerprint density at radius 1 is 1.77 bits per heavy atom. The monoisotopic (exact) mass is 199 g/mol. The summed E-state index contributed by atoms with van der Waals surface area (Å²) < 4.78 is 0. The molecule has 1 amide bonds. The zero-order chi connectivity index (χ0) is 9.84. The van der Waals surface area contributed by atoms with E-state index in [2.05, 4.69) is 9.97 Å². The molecule has 0 atom stereocenters. The van der Waals surface area contributed by atoms with Crippen molar-refractivity contribution < 1.29 is 4.79 Å². The van der Waals surface area contributed by atoms with Crippen molar-refractivity contribution in [2.75, 3.05) is 5.75 Å². The first-order valence-corrected chi connectivity index (χ1v) is 4.55. The predicted molar refractivity (Wildman–Crippen MR) is 49.5 cm³/mol. The van der Waals surface area contributed by atoms with Gasteiger partial charge < -0.3 is 10.7 Å². The summed E-state index contributed by atoms with van der Waals surface area (Å²) in [4.78, 5) is 27.3. The molecule has 0 bridgehead atoms. The summed E-state index contributed by atoms with van der Waals surface area (Å²) in [7, 11) is 0. The van der Waals surface area contributed by atoms with E-state index < -0.39 is 11.6 Å². The Hall–Kier alpha value is -1.30. The molecular weight excluding hydrogens is 190 g/mol. The van der Waals surface area contributed by atoms with Crippen molar-refractivity contribution in [1.82, 2.24) is 9.97 Å². The maximum atomic E-state index is 10.8. The highest BCUT2D eigenvalue weighted by Gasteiger charge is 2.02. The predicted octanol–water partition coefficient (Wildman–Crippen LogP) is -0.344. The molecule has 0 aliphatic heterocycles. The van der Waals surface area contributed by atoms with Crippen LogP contribution in [0.1, 0.15) is 5.56 Å². The van der Waals surface area contributed by atoms with Gasteiger partial charge in [0.25, 0.3) is 0 Å². The maximum Gasteiger partial charge on any atom is 0.345 e. The van der Waals surface area contributed by atoms with Crippen LogP contribution in [0.3, 0.4) is 0 Å². The maximum absolute atomic E-state index is 10.8. The molecule has 0 fully saturated rings. The van der Waals surface area contributed by atoms with Gasteiger partial charge in [-0.05, 0) is 12.5 Å². The van der Waals surface area contributed by atoms with Gasteiger partial charge in [-0.1, -0.05) is 11.8 Å². The number of H-pyrrole nitrogens is 1. The van der Waals surface area contributed by atoms with Gasteiger partial charge in [-0.25, -0.2) is 9.78 Å². The van der Waals surface area contributed by atoms with E-state index in [1.54, 1.807) is 6.92 Å². The van der Waals surface area contributed by atoms with Crippen LogP contribution < -0.4 is 11.4 Å². The van der Waals surface area contributed by atoms with Gasteiger partial charge in [0.05, 0.1) is 10.8 Å². The average Bonchev–Trinajstić information content (AvgIpc) is 2.06. The number of carbonyl (C=O) groups excluding carboxylic acids is 1. The van der Waals surface area contributed by atoms with Crippen LogP contribution in [0, 0.1) is 6.92 Å². The second-order valence-corrected chi connectivity index (χ2v) is 3.44. The number of amides is 1. The van der Waals surface area contributed by atoms with E-state index in [0.29, 0.717) is 5.03 Å². The van der Waals surface area contributed by atoms with E-state index in [1.165, 1.54) is 18.0 Å². The molecule has 5 nitrogen and oxygen atoms in total. The Balaban J connectivity index is 2.81. The van der Waals surface area contributed by atoms with Gasteiger partial charge in [0.1, 0.15) is 0 Å². The van der Waals surface area contributed by atoms with E-state index in [-0.39, 0.29) is 5.75 Å². The topological polar surface area (TPSA) is 88.8 Å². The highest BCUT2D eigenvalue weighted by atomic mass is 32.2. The Bertz CT molecular complexity index is 374.